The summed E-state index contributed by atoms with van der Waals surface area (Å²) in [4.78, 5) is 11.2. The Bertz CT molecular complexity index is 731. The first kappa shape index (κ1) is 18.4. The minimum absolute atomic E-state index is 0.0212. The van der Waals surface area contributed by atoms with Crippen LogP contribution in [0.5, 0.6) is 0 Å². The Hall–Kier alpha value is -2.35. The molecule has 1 N–H and O–H groups in total. The van der Waals surface area contributed by atoms with Crippen molar-refractivity contribution in [1.82, 2.24) is 0 Å². The number of amides is 1. The molecule has 0 bridgehead atoms. The molecule has 0 radical (unpaired) electrons. The second-order valence-corrected chi connectivity index (χ2v) is 7.26. The SMILES string of the molecule is CC(=O)Nc1ccc(C(CCCc2ccccc2)C2=CCCCC2)cc1. The van der Waals surface area contributed by atoms with Crippen LogP contribution in [0.3, 0.4) is 0 Å². The molecule has 0 fully saturated rings. The molecule has 1 amide bonds. The van der Waals surface area contributed by atoms with Crippen LogP contribution < -0.4 is 5.32 Å². The van der Waals surface area contributed by atoms with Gasteiger partial charge in [-0.1, -0.05) is 54.1 Å². The molecule has 0 spiro atoms. The van der Waals surface area contributed by atoms with E-state index in [1.54, 1.807) is 12.5 Å². The predicted molar refractivity (Wildman–Crippen MR) is 109 cm³/mol. The largest absolute Gasteiger partial charge is 0.326 e. The highest BCUT2D eigenvalue weighted by molar-refractivity contribution is 5.88. The monoisotopic (exact) mass is 347 g/mol. The zero-order chi connectivity index (χ0) is 18.2. The number of hydrogen-bond acceptors (Lipinski definition) is 1. The van der Waals surface area contributed by atoms with Gasteiger partial charge in [-0.3, -0.25) is 4.79 Å². The normalized spacial score (nSPS) is 15.2. The van der Waals surface area contributed by atoms with Crippen LogP contribution in [0, 0.1) is 0 Å². The number of anilines is 1. The van der Waals surface area contributed by atoms with E-state index in [9.17, 15) is 4.79 Å². The van der Waals surface area contributed by atoms with Gasteiger partial charge in [-0.2, -0.15) is 0 Å². The summed E-state index contributed by atoms with van der Waals surface area (Å²) in [5, 5.41) is 2.86. The van der Waals surface area contributed by atoms with Crippen molar-refractivity contribution in [2.75, 3.05) is 5.32 Å². The van der Waals surface area contributed by atoms with E-state index < -0.39 is 0 Å². The van der Waals surface area contributed by atoms with E-state index in [1.807, 2.05) is 12.1 Å². The van der Waals surface area contributed by atoms with Crippen molar-refractivity contribution in [2.24, 2.45) is 0 Å². The van der Waals surface area contributed by atoms with Crippen molar-refractivity contribution in [3.8, 4) is 0 Å². The molecule has 1 atom stereocenters. The molecule has 2 heteroatoms. The maximum absolute atomic E-state index is 11.2. The summed E-state index contributed by atoms with van der Waals surface area (Å²) in [6, 6.07) is 19.2. The highest BCUT2D eigenvalue weighted by Gasteiger charge is 2.18. The van der Waals surface area contributed by atoms with Gasteiger partial charge in [-0.05, 0) is 68.2 Å². The van der Waals surface area contributed by atoms with Crippen molar-refractivity contribution in [2.45, 2.75) is 57.8 Å². The van der Waals surface area contributed by atoms with Gasteiger partial charge < -0.3 is 5.32 Å². The molecular formula is C24H29NO. The topological polar surface area (TPSA) is 29.1 Å². The van der Waals surface area contributed by atoms with Gasteiger partial charge in [0.2, 0.25) is 5.91 Å². The molecule has 0 aliphatic heterocycles. The first-order valence-electron chi connectivity index (χ1n) is 9.83. The van der Waals surface area contributed by atoms with E-state index in [-0.39, 0.29) is 5.91 Å². The van der Waals surface area contributed by atoms with E-state index in [0.717, 1.165) is 12.1 Å². The lowest BCUT2D eigenvalue weighted by atomic mass is 9.81. The van der Waals surface area contributed by atoms with Crippen LogP contribution in [-0.2, 0) is 11.2 Å². The minimum atomic E-state index is -0.0212. The van der Waals surface area contributed by atoms with Crippen LogP contribution in [-0.4, -0.2) is 5.91 Å². The molecule has 26 heavy (non-hydrogen) atoms. The third kappa shape index (κ3) is 5.32. The summed E-state index contributed by atoms with van der Waals surface area (Å²) in [5.74, 6) is 0.484. The van der Waals surface area contributed by atoms with Crippen LogP contribution in [0.4, 0.5) is 5.69 Å². The quantitative estimate of drug-likeness (QED) is 0.589. The standard InChI is InChI=1S/C24H29NO/c1-19(26)25-23-17-15-22(16-18-23)24(21-12-6-3-7-13-21)14-8-11-20-9-4-2-5-10-20/h2,4-5,9-10,12,15-18,24H,3,6-8,11,13-14H2,1H3,(H,25,26). The summed E-state index contributed by atoms with van der Waals surface area (Å²) in [6.45, 7) is 1.55. The Morgan fingerprint density at radius 2 is 1.81 bits per heavy atom. The van der Waals surface area contributed by atoms with Gasteiger partial charge in [-0.25, -0.2) is 0 Å². The fourth-order valence-corrected chi connectivity index (χ4v) is 3.90. The average Bonchev–Trinajstić information content (AvgIpc) is 2.67. The van der Waals surface area contributed by atoms with Crippen LogP contribution in [0.15, 0.2) is 66.2 Å². The number of hydrogen-bond donors (Lipinski definition) is 1. The van der Waals surface area contributed by atoms with Gasteiger partial charge in [0.15, 0.2) is 0 Å². The summed E-state index contributed by atoms with van der Waals surface area (Å²) >= 11 is 0. The molecule has 0 aromatic heterocycles. The number of nitrogens with one attached hydrogen (secondary N) is 1. The maximum atomic E-state index is 11.2. The number of allylic oxidation sites excluding steroid dienone is 2. The van der Waals surface area contributed by atoms with E-state index in [4.69, 9.17) is 0 Å². The summed E-state index contributed by atoms with van der Waals surface area (Å²) in [7, 11) is 0. The maximum Gasteiger partial charge on any atom is 0.221 e. The fraction of sp³-hybridized carbons (Fsp3) is 0.375. The molecule has 1 aliphatic carbocycles. The highest BCUT2D eigenvalue weighted by Crippen LogP contribution is 2.36. The van der Waals surface area contributed by atoms with Gasteiger partial charge >= 0.3 is 0 Å². The van der Waals surface area contributed by atoms with Crippen molar-refractivity contribution in [3.05, 3.63) is 77.4 Å². The van der Waals surface area contributed by atoms with E-state index >= 15 is 0 Å². The third-order valence-electron chi connectivity index (χ3n) is 5.21. The Morgan fingerprint density at radius 1 is 1.04 bits per heavy atom. The first-order chi connectivity index (χ1) is 12.7. The molecule has 2 aromatic rings. The summed E-state index contributed by atoms with van der Waals surface area (Å²) in [5.41, 5.74) is 5.28. The Morgan fingerprint density at radius 3 is 2.46 bits per heavy atom. The lowest BCUT2D eigenvalue weighted by Crippen LogP contribution is -2.08. The lowest BCUT2D eigenvalue weighted by Gasteiger charge is -2.24. The molecule has 2 nitrogen and oxygen atoms in total. The van der Waals surface area contributed by atoms with E-state index in [1.165, 1.54) is 49.7 Å². The van der Waals surface area contributed by atoms with Gasteiger partial charge in [-0.15, -0.1) is 0 Å². The third-order valence-corrected chi connectivity index (χ3v) is 5.21. The molecule has 3 rings (SSSR count). The molecule has 0 heterocycles. The summed E-state index contributed by atoms with van der Waals surface area (Å²) < 4.78 is 0. The molecule has 1 unspecified atom stereocenters. The molecule has 0 saturated heterocycles. The van der Waals surface area contributed by atoms with Crippen molar-refractivity contribution in [3.63, 3.8) is 0 Å². The van der Waals surface area contributed by atoms with Crippen molar-refractivity contribution >= 4 is 11.6 Å². The number of aryl methyl sites for hydroxylation is 1. The number of carbonyl (C=O) groups excluding carboxylic acids is 1. The van der Waals surface area contributed by atoms with Crippen LogP contribution in [0.25, 0.3) is 0 Å². The van der Waals surface area contributed by atoms with Crippen molar-refractivity contribution in [1.29, 1.82) is 0 Å². The average molecular weight is 348 g/mol. The molecule has 136 valence electrons. The van der Waals surface area contributed by atoms with E-state index in [2.05, 4.69) is 53.9 Å². The zero-order valence-corrected chi connectivity index (χ0v) is 15.7. The van der Waals surface area contributed by atoms with Gasteiger partial charge in [0.25, 0.3) is 0 Å². The Kier molecular flexibility index (Phi) is 6.65. The van der Waals surface area contributed by atoms with E-state index in [0.29, 0.717) is 5.92 Å². The van der Waals surface area contributed by atoms with Gasteiger partial charge in [0.1, 0.15) is 0 Å². The smallest absolute Gasteiger partial charge is 0.221 e. The second kappa shape index (κ2) is 9.38. The lowest BCUT2D eigenvalue weighted by molar-refractivity contribution is -0.114. The van der Waals surface area contributed by atoms with Gasteiger partial charge in [0.05, 0.1) is 0 Å². The second-order valence-electron chi connectivity index (χ2n) is 7.26. The highest BCUT2D eigenvalue weighted by atomic mass is 16.1. The number of carbonyl (C=O) groups is 1. The number of benzene rings is 2. The zero-order valence-electron chi connectivity index (χ0n) is 15.7. The van der Waals surface area contributed by atoms with Crippen LogP contribution >= 0.6 is 0 Å². The molecule has 0 saturated carbocycles. The van der Waals surface area contributed by atoms with Crippen molar-refractivity contribution < 1.29 is 4.79 Å². The van der Waals surface area contributed by atoms with Crippen LogP contribution in [0.1, 0.15) is 62.5 Å². The number of rotatable bonds is 7. The Balaban J connectivity index is 1.70. The first-order valence-corrected chi connectivity index (χ1v) is 9.83. The predicted octanol–water partition coefficient (Wildman–Crippen LogP) is 6.25. The minimum Gasteiger partial charge on any atom is -0.326 e. The summed E-state index contributed by atoms with van der Waals surface area (Å²) in [6.07, 6.45) is 11.1. The van der Waals surface area contributed by atoms with Crippen LogP contribution in [0.2, 0.25) is 0 Å². The van der Waals surface area contributed by atoms with Gasteiger partial charge in [0, 0.05) is 18.5 Å². The molecular weight excluding hydrogens is 318 g/mol. The molecule has 2 aromatic carbocycles. The molecule has 1 aliphatic rings. The Labute approximate surface area is 157 Å². The fourth-order valence-electron chi connectivity index (χ4n) is 3.90.